The molecule has 2 aliphatic rings. The van der Waals surface area contributed by atoms with Crippen LogP contribution in [0.25, 0.3) is 0 Å². The minimum Gasteiger partial charge on any atom is -0.469 e. The van der Waals surface area contributed by atoms with Crippen LogP contribution in [-0.2, 0) is 14.3 Å². The van der Waals surface area contributed by atoms with Crippen molar-refractivity contribution >= 4 is 11.9 Å². The molecule has 3 atom stereocenters. The predicted octanol–water partition coefficient (Wildman–Crippen LogP) is 1.14. The Labute approximate surface area is 101 Å². The number of hydrogen-bond acceptors (Lipinski definition) is 3. The van der Waals surface area contributed by atoms with Crippen LogP contribution < -0.4 is 0 Å². The first-order chi connectivity index (χ1) is 8.17. The molecule has 0 aromatic carbocycles. The van der Waals surface area contributed by atoms with E-state index >= 15 is 0 Å². The van der Waals surface area contributed by atoms with E-state index in [4.69, 9.17) is 4.74 Å². The number of carbonyl (C=O) groups excluding carboxylic acids is 2. The number of esters is 1. The van der Waals surface area contributed by atoms with Crippen LogP contribution in [0.4, 0.5) is 0 Å². The van der Waals surface area contributed by atoms with Gasteiger partial charge in [-0.05, 0) is 6.42 Å². The Morgan fingerprint density at radius 1 is 1.65 bits per heavy atom. The molecule has 1 fully saturated rings. The smallest absolute Gasteiger partial charge is 0.310 e. The van der Waals surface area contributed by atoms with Gasteiger partial charge in [-0.2, -0.15) is 0 Å². The average Bonchev–Trinajstić information content (AvgIpc) is 2.37. The van der Waals surface area contributed by atoms with Gasteiger partial charge in [-0.3, -0.25) is 9.59 Å². The maximum atomic E-state index is 11.8. The number of amides is 1. The van der Waals surface area contributed by atoms with Gasteiger partial charge >= 0.3 is 5.97 Å². The molecule has 0 aliphatic carbocycles. The van der Waals surface area contributed by atoms with Crippen LogP contribution in [0.5, 0.6) is 0 Å². The summed E-state index contributed by atoms with van der Waals surface area (Å²) in [6.45, 7) is 4.26. The number of fused-ring (bicyclic) bond motifs is 1. The zero-order valence-electron chi connectivity index (χ0n) is 9.96. The summed E-state index contributed by atoms with van der Waals surface area (Å²) in [6, 6.07) is 0.0645. The van der Waals surface area contributed by atoms with Crippen molar-refractivity contribution < 1.29 is 14.3 Å². The molecular formula is C13H17NO3. The van der Waals surface area contributed by atoms with E-state index in [1.807, 2.05) is 18.2 Å². The Balaban J connectivity index is 2.22. The average molecular weight is 235 g/mol. The monoisotopic (exact) mass is 235 g/mol. The van der Waals surface area contributed by atoms with Gasteiger partial charge in [0, 0.05) is 18.9 Å². The fourth-order valence-corrected chi connectivity index (χ4v) is 2.65. The minimum atomic E-state index is -0.238. The lowest BCUT2D eigenvalue weighted by molar-refractivity contribution is -0.151. The van der Waals surface area contributed by atoms with E-state index in [1.54, 1.807) is 4.90 Å². The zero-order chi connectivity index (χ0) is 12.4. The second kappa shape index (κ2) is 4.73. The number of piperidine rings is 1. The van der Waals surface area contributed by atoms with E-state index < -0.39 is 0 Å². The van der Waals surface area contributed by atoms with Gasteiger partial charge in [0.2, 0.25) is 5.91 Å². The third-order valence-electron chi connectivity index (χ3n) is 3.56. The van der Waals surface area contributed by atoms with Gasteiger partial charge in [-0.15, -0.1) is 6.58 Å². The first kappa shape index (κ1) is 11.9. The first-order valence-corrected chi connectivity index (χ1v) is 5.84. The van der Waals surface area contributed by atoms with Crippen LogP contribution in [0.2, 0.25) is 0 Å². The molecule has 4 nitrogen and oxygen atoms in total. The lowest BCUT2D eigenvalue weighted by Crippen LogP contribution is -2.53. The Morgan fingerprint density at radius 3 is 3.06 bits per heavy atom. The summed E-state index contributed by atoms with van der Waals surface area (Å²) < 4.78 is 4.77. The number of methoxy groups -OCH3 is 1. The number of nitrogens with zero attached hydrogens (tertiary/aromatic N) is 1. The van der Waals surface area contributed by atoms with Crippen LogP contribution in [0.1, 0.15) is 12.8 Å². The molecule has 4 heteroatoms. The summed E-state index contributed by atoms with van der Waals surface area (Å²) in [5.74, 6) is -0.251. The standard InChI is InChI=1S/C13H17NO3/c1-3-9-7-10(13(16)17-2)8-14-11(9)5-4-6-12(14)15/h3-5,9-11H,1,6-8H2,2H3/t9-,10-,11+/m1/s1. The zero-order valence-corrected chi connectivity index (χ0v) is 9.96. The van der Waals surface area contributed by atoms with Gasteiger partial charge < -0.3 is 9.64 Å². The summed E-state index contributed by atoms with van der Waals surface area (Å²) in [5, 5.41) is 0. The Kier molecular flexibility index (Phi) is 3.31. The topological polar surface area (TPSA) is 46.6 Å². The summed E-state index contributed by atoms with van der Waals surface area (Å²) in [6.07, 6.45) is 6.90. The van der Waals surface area contributed by atoms with Crippen molar-refractivity contribution in [3.8, 4) is 0 Å². The van der Waals surface area contributed by atoms with E-state index in [9.17, 15) is 9.59 Å². The summed E-state index contributed by atoms with van der Waals surface area (Å²) >= 11 is 0. The van der Waals surface area contributed by atoms with Crippen molar-refractivity contribution in [3.05, 3.63) is 24.8 Å². The molecule has 2 aliphatic heterocycles. The van der Waals surface area contributed by atoms with Gasteiger partial charge in [0.25, 0.3) is 0 Å². The van der Waals surface area contributed by atoms with Gasteiger partial charge in [0.1, 0.15) is 0 Å². The van der Waals surface area contributed by atoms with Crippen molar-refractivity contribution in [2.24, 2.45) is 11.8 Å². The van der Waals surface area contributed by atoms with E-state index in [2.05, 4.69) is 6.58 Å². The fraction of sp³-hybridized carbons (Fsp3) is 0.538. The largest absolute Gasteiger partial charge is 0.469 e. The summed E-state index contributed by atoms with van der Waals surface area (Å²) in [7, 11) is 1.38. The Bertz CT molecular complexity index is 375. The third-order valence-corrected chi connectivity index (χ3v) is 3.56. The molecule has 2 rings (SSSR count). The van der Waals surface area contributed by atoms with E-state index in [1.165, 1.54) is 7.11 Å². The highest BCUT2D eigenvalue weighted by Crippen LogP contribution is 2.32. The molecule has 2 heterocycles. The molecule has 0 N–H and O–H groups in total. The maximum absolute atomic E-state index is 11.8. The van der Waals surface area contributed by atoms with Crippen LogP contribution >= 0.6 is 0 Å². The highest BCUT2D eigenvalue weighted by Gasteiger charge is 2.39. The highest BCUT2D eigenvalue weighted by atomic mass is 16.5. The van der Waals surface area contributed by atoms with Crippen molar-refractivity contribution in [2.75, 3.05) is 13.7 Å². The van der Waals surface area contributed by atoms with Crippen molar-refractivity contribution in [1.82, 2.24) is 4.90 Å². The van der Waals surface area contributed by atoms with Crippen molar-refractivity contribution in [3.63, 3.8) is 0 Å². The van der Waals surface area contributed by atoms with Crippen molar-refractivity contribution in [2.45, 2.75) is 18.9 Å². The predicted molar refractivity (Wildman–Crippen MR) is 63.1 cm³/mol. The molecule has 0 spiro atoms. The van der Waals surface area contributed by atoms with Gasteiger partial charge in [0.15, 0.2) is 0 Å². The van der Waals surface area contributed by atoms with Crippen LogP contribution in [-0.4, -0.2) is 36.5 Å². The minimum absolute atomic E-state index is 0.0645. The second-order valence-electron chi connectivity index (χ2n) is 4.52. The number of carbonyl (C=O) groups is 2. The number of ether oxygens (including phenoxy) is 1. The quantitative estimate of drug-likeness (QED) is 0.532. The van der Waals surface area contributed by atoms with Gasteiger partial charge in [-0.25, -0.2) is 0 Å². The van der Waals surface area contributed by atoms with Gasteiger partial charge in [-0.1, -0.05) is 18.2 Å². The normalized spacial score (nSPS) is 31.9. The molecule has 1 saturated heterocycles. The number of hydrogen-bond donors (Lipinski definition) is 0. The Hall–Kier alpha value is -1.58. The molecule has 0 radical (unpaired) electrons. The molecule has 17 heavy (non-hydrogen) atoms. The molecule has 1 amide bonds. The van der Waals surface area contributed by atoms with Crippen LogP contribution in [0, 0.1) is 11.8 Å². The molecule has 0 saturated carbocycles. The SMILES string of the molecule is C=C[C@@H]1C[C@@H](C(=O)OC)CN2C(=O)CC=C[C@@H]12. The second-order valence-corrected chi connectivity index (χ2v) is 4.52. The van der Waals surface area contributed by atoms with E-state index in [0.717, 1.165) is 0 Å². The van der Waals surface area contributed by atoms with Gasteiger partial charge in [0.05, 0.1) is 19.1 Å². The van der Waals surface area contributed by atoms with Crippen molar-refractivity contribution in [1.29, 1.82) is 0 Å². The third kappa shape index (κ3) is 2.12. The lowest BCUT2D eigenvalue weighted by atomic mass is 9.81. The summed E-state index contributed by atoms with van der Waals surface area (Å²) in [5.41, 5.74) is 0. The van der Waals surface area contributed by atoms with Crippen LogP contribution in [0.3, 0.4) is 0 Å². The first-order valence-electron chi connectivity index (χ1n) is 5.84. The van der Waals surface area contributed by atoms with Crippen LogP contribution in [0.15, 0.2) is 24.8 Å². The molecule has 0 unspecified atom stereocenters. The molecule has 92 valence electrons. The lowest BCUT2D eigenvalue weighted by Gasteiger charge is -2.43. The molecule has 0 aromatic heterocycles. The molecule has 0 aromatic rings. The molecule has 0 bridgehead atoms. The molecular weight excluding hydrogens is 218 g/mol. The van der Waals surface area contributed by atoms with E-state index in [-0.39, 0.29) is 29.8 Å². The Morgan fingerprint density at radius 2 is 2.41 bits per heavy atom. The summed E-state index contributed by atoms with van der Waals surface area (Å²) in [4.78, 5) is 25.2. The van der Waals surface area contributed by atoms with E-state index in [0.29, 0.717) is 19.4 Å². The maximum Gasteiger partial charge on any atom is 0.310 e. The highest BCUT2D eigenvalue weighted by molar-refractivity contribution is 5.81. The number of rotatable bonds is 2. The fourth-order valence-electron chi connectivity index (χ4n) is 2.65.